The van der Waals surface area contributed by atoms with E-state index >= 15 is 0 Å². The number of nitrogens with zero attached hydrogens (tertiary/aromatic N) is 3. The second-order valence-corrected chi connectivity index (χ2v) is 8.98. The zero-order valence-corrected chi connectivity index (χ0v) is 17.8. The summed E-state index contributed by atoms with van der Waals surface area (Å²) in [6.07, 6.45) is 0. The van der Waals surface area contributed by atoms with E-state index in [1.54, 1.807) is 31.2 Å². The Morgan fingerprint density at radius 1 is 0.967 bits per heavy atom. The Kier molecular flexibility index (Phi) is 5.69. The first-order valence-corrected chi connectivity index (χ1v) is 11.3. The number of sulfonamides is 1. The molecule has 1 aliphatic heterocycles. The number of rotatable bonds is 5. The maximum Gasteiger partial charge on any atom is 0.262 e. The fraction of sp³-hybridized carbons (Fsp3) is 0.273. The topological polar surface area (TPSA) is 84.4 Å². The minimum atomic E-state index is -3.69. The van der Waals surface area contributed by atoms with Gasteiger partial charge < -0.3 is 9.64 Å². The number of morpholine rings is 1. The van der Waals surface area contributed by atoms with E-state index in [0.717, 1.165) is 30.0 Å². The summed E-state index contributed by atoms with van der Waals surface area (Å²) in [7, 11) is -3.69. The molecule has 30 heavy (non-hydrogen) atoms. The van der Waals surface area contributed by atoms with Crippen molar-refractivity contribution in [3.8, 4) is 11.3 Å². The molecule has 0 amide bonds. The number of anilines is 2. The molecule has 2 aromatic carbocycles. The molecule has 1 fully saturated rings. The highest BCUT2D eigenvalue weighted by Crippen LogP contribution is 2.25. The van der Waals surface area contributed by atoms with Crippen LogP contribution in [-0.2, 0) is 14.8 Å². The van der Waals surface area contributed by atoms with E-state index in [1.165, 1.54) is 0 Å². The van der Waals surface area contributed by atoms with Gasteiger partial charge in [0.1, 0.15) is 0 Å². The minimum Gasteiger partial charge on any atom is -0.378 e. The lowest BCUT2D eigenvalue weighted by Crippen LogP contribution is -2.36. The summed E-state index contributed by atoms with van der Waals surface area (Å²) >= 11 is 0. The maximum atomic E-state index is 12.9. The molecule has 0 bridgehead atoms. The molecule has 0 aliphatic carbocycles. The highest BCUT2D eigenvalue weighted by Gasteiger charge is 2.18. The van der Waals surface area contributed by atoms with E-state index in [-0.39, 0.29) is 4.90 Å². The number of aromatic nitrogens is 2. The van der Waals surface area contributed by atoms with Crippen molar-refractivity contribution in [3.63, 3.8) is 0 Å². The molecule has 0 spiro atoms. The van der Waals surface area contributed by atoms with Crippen LogP contribution in [0.2, 0.25) is 0 Å². The van der Waals surface area contributed by atoms with Crippen molar-refractivity contribution < 1.29 is 13.2 Å². The van der Waals surface area contributed by atoms with Crippen LogP contribution in [0.4, 0.5) is 11.5 Å². The van der Waals surface area contributed by atoms with Crippen LogP contribution in [0.15, 0.2) is 59.5 Å². The van der Waals surface area contributed by atoms with Crippen molar-refractivity contribution in [1.82, 2.24) is 10.2 Å². The van der Waals surface area contributed by atoms with Crippen LogP contribution in [-0.4, -0.2) is 44.9 Å². The Labute approximate surface area is 176 Å². The zero-order chi connectivity index (χ0) is 21.1. The van der Waals surface area contributed by atoms with Gasteiger partial charge in [-0.25, -0.2) is 8.42 Å². The van der Waals surface area contributed by atoms with Crippen LogP contribution in [0.25, 0.3) is 11.3 Å². The highest BCUT2D eigenvalue weighted by atomic mass is 32.2. The fourth-order valence-electron chi connectivity index (χ4n) is 3.39. The molecule has 1 N–H and O–H groups in total. The van der Waals surface area contributed by atoms with Crippen molar-refractivity contribution in [2.75, 3.05) is 35.9 Å². The Balaban J connectivity index is 1.56. The molecule has 0 atom stereocenters. The number of ether oxygens (including phenoxy) is 1. The predicted molar refractivity (Wildman–Crippen MR) is 117 cm³/mol. The van der Waals surface area contributed by atoms with E-state index in [4.69, 9.17) is 4.74 Å². The smallest absolute Gasteiger partial charge is 0.262 e. The molecule has 0 radical (unpaired) electrons. The molecular formula is C22H24N4O3S. The minimum absolute atomic E-state index is 0.280. The second-order valence-electron chi connectivity index (χ2n) is 7.33. The summed E-state index contributed by atoms with van der Waals surface area (Å²) in [4.78, 5) is 2.41. The molecule has 1 aliphatic rings. The zero-order valence-electron chi connectivity index (χ0n) is 17.0. The lowest BCUT2D eigenvalue weighted by atomic mass is 10.1. The molecule has 1 saturated heterocycles. The SMILES string of the molecule is Cc1ccc(C)c(S(=O)(=O)Nc2cccc(-c3ccc(N4CCOCC4)nn3)c2)c1. The van der Waals surface area contributed by atoms with Gasteiger partial charge in [0, 0.05) is 24.3 Å². The van der Waals surface area contributed by atoms with Gasteiger partial charge in [-0.15, -0.1) is 10.2 Å². The van der Waals surface area contributed by atoms with Gasteiger partial charge >= 0.3 is 0 Å². The molecule has 1 aromatic heterocycles. The molecule has 8 heteroatoms. The first-order chi connectivity index (χ1) is 14.4. The van der Waals surface area contributed by atoms with Gasteiger partial charge in [0.25, 0.3) is 10.0 Å². The summed E-state index contributed by atoms with van der Waals surface area (Å²) < 4.78 is 33.8. The third-order valence-electron chi connectivity index (χ3n) is 5.03. The Morgan fingerprint density at radius 2 is 1.77 bits per heavy atom. The number of benzene rings is 2. The molecular weight excluding hydrogens is 400 g/mol. The maximum absolute atomic E-state index is 12.9. The summed E-state index contributed by atoms with van der Waals surface area (Å²) in [6.45, 7) is 6.62. The van der Waals surface area contributed by atoms with Crippen LogP contribution in [0, 0.1) is 13.8 Å². The molecule has 7 nitrogen and oxygen atoms in total. The van der Waals surface area contributed by atoms with Crippen molar-refractivity contribution in [2.24, 2.45) is 0 Å². The van der Waals surface area contributed by atoms with Crippen molar-refractivity contribution in [3.05, 3.63) is 65.7 Å². The average molecular weight is 425 g/mol. The van der Waals surface area contributed by atoms with Gasteiger partial charge in [0.05, 0.1) is 23.8 Å². The van der Waals surface area contributed by atoms with Crippen molar-refractivity contribution in [2.45, 2.75) is 18.7 Å². The number of hydrogen-bond donors (Lipinski definition) is 1. The highest BCUT2D eigenvalue weighted by molar-refractivity contribution is 7.92. The second kappa shape index (κ2) is 8.41. The van der Waals surface area contributed by atoms with E-state index in [1.807, 2.05) is 37.3 Å². The average Bonchev–Trinajstić information content (AvgIpc) is 2.76. The van der Waals surface area contributed by atoms with E-state index in [2.05, 4.69) is 19.8 Å². The monoisotopic (exact) mass is 424 g/mol. The van der Waals surface area contributed by atoms with Crippen LogP contribution < -0.4 is 9.62 Å². The number of aryl methyl sites for hydroxylation is 2. The van der Waals surface area contributed by atoms with Crippen LogP contribution in [0.3, 0.4) is 0 Å². The number of nitrogens with one attached hydrogen (secondary N) is 1. The third kappa shape index (κ3) is 4.44. The molecule has 4 rings (SSSR count). The Bertz CT molecular complexity index is 1140. The summed E-state index contributed by atoms with van der Waals surface area (Å²) in [5, 5.41) is 8.67. The lowest BCUT2D eigenvalue weighted by Gasteiger charge is -2.27. The fourth-order valence-corrected chi connectivity index (χ4v) is 4.77. The first-order valence-electron chi connectivity index (χ1n) is 9.79. The van der Waals surface area contributed by atoms with Crippen molar-refractivity contribution in [1.29, 1.82) is 0 Å². The summed E-state index contributed by atoms with van der Waals surface area (Å²) in [6, 6.07) is 16.4. The lowest BCUT2D eigenvalue weighted by molar-refractivity contribution is 0.122. The van der Waals surface area contributed by atoms with Gasteiger partial charge in [-0.05, 0) is 55.3 Å². The van der Waals surface area contributed by atoms with E-state index in [9.17, 15) is 8.42 Å². The van der Waals surface area contributed by atoms with Gasteiger partial charge in [-0.3, -0.25) is 4.72 Å². The van der Waals surface area contributed by atoms with E-state index in [0.29, 0.717) is 30.2 Å². The molecule has 156 valence electrons. The number of hydrogen-bond acceptors (Lipinski definition) is 6. The largest absolute Gasteiger partial charge is 0.378 e. The molecule has 2 heterocycles. The normalized spacial score (nSPS) is 14.5. The predicted octanol–water partition coefficient (Wildman–Crippen LogP) is 3.40. The van der Waals surface area contributed by atoms with Gasteiger partial charge in [-0.1, -0.05) is 24.3 Å². The molecule has 0 saturated carbocycles. The molecule has 0 unspecified atom stereocenters. The summed E-state index contributed by atoms with van der Waals surface area (Å²) in [5.41, 5.74) is 3.55. The van der Waals surface area contributed by atoms with Crippen molar-refractivity contribution >= 4 is 21.5 Å². The third-order valence-corrected chi connectivity index (χ3v) is 6.55. The standard InChI is InChI=1S/C22H24N4O3S/c1-16-6-7-17(2)21(14-16)30(27,28)25-19-5-3-4-18(15-19)20-8-9-22(24-23-20)26-10-12-29-13-11-26/h3-9,14-15,25H,10-13H2,1-2H3. The van der Waals surface area contributed by atoms with Crippen LogP contribution in [0.1, 0.15) is 11.1 Å². The van der Waals surface area contributed by atoms with E-state index < -0.39 is 10.0 Å². The van der Waals surface area contributed by atoms with Gasteiger partial charge in [-0.2, -0.15) is 0 Å². The quantitative estimate of drug-likeness (QED) is 0.676. The van der Waals surface area contributed by atoms with Gasteiger partial charge in [0.15, 0.2) is 5.82 Å². The van der Waals surface area contributed by atoms with Crippen LogP contribution in [0.5, 0.6) is 0 Å². The first kappa shape index (κ1) is 20.3. The summed E-state index contributed by atoms with van der Waals surface area (Å²) in [5.74, 6) is 0.814. The van der Waals surface area contributed by atoms with Crippen LogP contribution >= 0.6 is 0 Å². The Hall–Kier alpha value is -2.97. The molecule has 3 aromatic rings. The van der Waals surface area contributed by atoms with Gasteiger partial charge in [0.2, 0.25) is 0 Å². The Morgan fingerprint density at radius 3 is 2.50 bits per heavy atom.